The number of fused-ring (bicyclic) bond motifs is 6. The molecule has 0 aromatic heterocycles. The van der Waals surface area contributed by atoms with E-state index in [1.54, 1.807) is 31.4 Å². The van der Waals surface area contributed by atoms with Gasteiger partial charge < -0.3 is 78.8 Å². The summed E-state index contributed by atoms with van der Waals surface area (Å²) in [6.45, 7) is 14.3. The molecule has 103 heavy (non-hydrogen) atoms. The number of ether oxygens (including phenoxy) is 11. The average Bonchev–Trinajstić information content (AvgIpc) is 1.55. The number of hydrogen-bond acceptors (Lipinski definition) is 25. The van der Waals surface area contributed by atoms with Crippen molar-refractivity contribution in [3.8, 4) is 0 Å². The number of Topliss-reactive ketones (excluding diaryl/α,β-unsaturated/α-hetero) is 3. The van der Waals surface area contributed by atoms with Gasteiger partial charge in [0.05, 0.1) is 112 Å². The van der Waals surface area contributed by atoms with Crippen LogP contribution >= 0.6 is 0 Å². The SMILES string of the molecule is C=C1C[C@@H]2CC[C@@]34CC5O[C@H]6[C@@H](O3)[C@H]3O[C@H](CC[C@@H]3O[C@H]6[C@H]5O4)CC(=O)CC3[C@H](C[C@H]4OC(CC[C@@H]1O2)C[C@@H](C)C4=C)O[C@H](C[C@H](O)CCC(=O)OCc1ccc(CC(=O)[C@H](CC(N)=O)NC(=O)[C@H](C)CC(=O)[C@H](C)N)cc1)[C@@H]3OC.O=C(CCOCCN1C(=O)C=CC1=O)ON1C(=O)CCC1=O. The van der Waals surface area contributed by atoms with Gasteiger partial charge in [-0.2, -0.15) is 0 Å². The minimum Gasteiger partial charge on any atom is -0.461 e. The van der Waals surface area contributed by atoms with Crippen LogP contribution in [-0.2, 0) is 123 Å². The summed E-state index contributed by atoms with van der Waals surface area (Å²) in [5.74, 6) is -7.08. The second kappa shape index (κ2) is 34.1. The molecule has 29 nitrogen and oxygen atoms in total. The summed E-state index contributed by atoms with van der Waals surface area (Å²) >= 11 is 0. The Labute approximate surface area is 598 Å². The molecule has 0 radical (unpaired) electrons. The number of esters is 1. The second-order valence-corrected chi connectivity index (χ2v) is 29.5. The van der Waals surface area contributed by atoms with Crippen molar-refractivity contribution in [2.75, 3.05) is 26.9 Å². The molecule has 6 amide bonds. The third-order valence-corrected chi connectivity index (χ3v) is 21.8. The maximum Gasteiger partial charge on any atom is 0.335 e. The number of benzene rings is 1. The van der Waals surface area contributed by atoms with Gasteiger partial charge >= 0.3 is 11.9 Å². The smallest absolute Gasteiger partial charge is 0.335 e. The summed E-state index contributed by atoms with van der Waals surface area (Å²) in [5, 5.41) is 14.5. The van der Waals surface area contributed by atoms with E-state index in [1.807, 2.05) is 0 Å². The Bertz CT molecular complexity index is 3360. The third-order valence-electron chi connectivity index (χ3n) is 21.8. The second-order valence-electron chi connectivity index (χ2n) is 29.5. The molecule has 564 valence electrons. The van der Waals surface area contributed by atoms with Gasteiger partial charge in [-0.05, 0) is 86.5 Å². The molecule has 0 aliphatic carbocycles. The molecule has 6 N–H and O–H groups in total. The van der Waals surface area contributed by atoms with Gasteiger partial charge in [0.2, 0.25) is 11.8 Å². The zero-order chi connectivity index (χ0) is 73.6. The van der Waals surface area contributed by atoms with Crippen LogP contribution in [-0.4, -0.2) is 222 Å². The van der Waals surface area contributed by atoms with Gasteiger partial charge in [-0.1, -0.05) is 51.3 Å². The number of aliphatic hydroxyl groups excluding tert-OH is 1. The Hall–Kier alpha value is -6.87. The molecule has 12 heterocycles. The number of methoxy groups -OCH3 is 1. The molecule has 22 atom stereocenters. The average molecular weight is 1440 g/mol. The summed E-state index contributed by atoms with van der Waals surface area (Å²) in [4.78, 5) is 140. The number of hydroxylamine groups is 2. The lowest BCUT2D eigenvalue weighted by molar-refractivity contribution is -0.292. The van der Waals surface area contributed by atoms with Crippen molar-refractivity contribution in [2.24, 2.45) is 29.2 Å². The fraction of sp³-hybridized carbons (Fsp3) is 0.689. The molecule has 1 spiro atoms. The summed E-state index contributed by atoms with van der Waals surface area (Å²) in [7, 11) is 1.60. The van der Waals surface area contributed by atoms with Crippen LogP contribution in [0.15, 0.2) is 60.7 Å². The van der Waals surface area contributed by atoms with Gasteiger partial charge in [-0.25, -0.2) is 4.79 Å². The molecule has 3 unspecified atom stereocenters. The number of rotatable bonds is 25. The lowest BCUT2D eigenvalue weighted by Crippen LogP contribution is -2.61. The van der Waals surface area contributed by atoms with E-state index in [-0.39, 0.29) is 175 Å². The van der Waals surface area contributed by atoms with Gasteiger partial charge in [-0.3, -0.25) is 52.8 Å². The van der Waals surface area contributed by atoms with Crippen LogP contribution in [0.5, 0.6) is 0 Å². The maximum atomic E-state index is 14.5. The predicted molar refractivity (Wildman–Crippen MR) is 358 cm³/mol. The predicted octanol–water partition coefficient (Wildman–Crippen LogP) is 3.34. The Morgan fingerprint density at radius 1 is 0.718 bits per heavy atom. The molecule has 11 fully saturated rings. The zero-order valence-corrected chi connectivity index (χ0v) is 59.1. The van der Waals surface area contributed by atoms with Gasteiger partial charge in [-0.15, -0.1) is 5.06 Å². The van der Waals surface area contributed by atoms with E-state index in [9.17, 15) is 57.8 Å². The van der Waals surface area contributed by atoms with E-state index < -0.39 is 120 Å². The summed E-state index contributed by atoms with van der Waals surface area (Å²) in [5.41, 5.74) is 14.3. The number of imide groups is 2. The number of ketones is 3. The fourth-order valence-corrected chi connectivity index (χ4v) is 16.1. The number of nitrogens with one attached hydrogen (secondary N) is 1. The fourth-order valence-electron chi connectivity index (χ4n) is 16.1. The van der Waals surface area contributed by atoms with Crippen molar-refractivity contribution in [3.63, 3.8) is 0 Å². The van der Waals surface area contributed by atoms with Crippen molar-refractivity contribution in [1.82, 2.24) is 15.3 Å². The number of carbonyl (C=O) groups is 11. The molecule has 12 aliphatic rings. The number of primary amides is 1. The molecule has 12 aliphatic heterocycles. The Morgan fingerprint density at radius 3 is 2.12 bits per heavy atom. The molecule has 29 heteroatoms. The first kappa shape index (κ1) is 77.2. The van der Waals surface area contributed by atoms with Crippen molar-refractivity contribution in [2.45, 2.75) is 278 Å². The van der Waals surface area contributed by atoms with E-state index in [0.29, 0.717) is 48.3 Å². The van der Waals surface area contributed by atoms with Crippen LogP contribution in [0.1, 0.15) is 160 Å². The van der Waals surface area contributed by atoms with Gasteiger partial charge in [0.15, 0.2) is 11.6 Å². The monoisotopic (exact) mass is 1440 g/mol. The van der Waals surface area contributed by atoms with Crippen molar-refractivity contribution >= 4 is 64.7 Å². The highest BCUT2D eigenvalue weighted by Gasteiger charge is 2.69. The van der Waals surface area contributed by atoms with Gasteiger partial charge in [0, 0.05) is 102 Å². The first-order chi connectivity index (χ1) is 49.2. The Morgan fingerprint density at radius 2 is 1.40 bits per heavy atom. The molecule has 1 aromatic rings. The van der Waals surface area contributed by atoms with Crippen molar-refractivity contribution in [1.29, 1.82) is 0 Å². The number of hydrogen-bond donors (Lipinski definition) is 4. The molecular weight excluding hydrogens is 1340 g/mol. The summed E-state index contributed by atoms with van der Waals surface area (Å²) in [6, 6.07) is 4.84. The molecule has 0 saturated carbocycles. The Balaban J connectivity index is 0.000000412. The first-order valence-corrected chi connectivity index (χ1v) is 36.4. The van der Waals surface area contributed by atoms with Crippen LogP contribution in [0.25, 0.3) is 0 Å². The molecular formula is C74H99N5O24. The number of nitrogens with zero attached hydrogens (tertiary/aromatic N) is 2. The van der Waals surface area contributed by atoms with Crippen LogP contribution in [0.2, 0.25) is 0 Å². The van der Waals surface area contributed by atoms with E-state index in [1.165, 1.54) is 26.0 Å². The van der Waals surface area contributed by atoms with E-state index in [0.717, 1.165) is 48.2 Å². The Kier molecular flexibility index (Phi) is 25.6. The summed E-state index contributed by atoms with van der Waals surface area (Å²) < 4.78 is 71.4. The first-order valence-electron chi connectivity index (χ1n) is 36.4. The van der Waals surface area contributed by atoms with Crippen LogP contribution in [0.3, 0.4) is 0 Å². The highest BCUT2D eigenvalue weighted by Crippen LogP contribution is 2.55. The maximum absolute atomic E-state index is 14.5. The number of aliphatic hydroxyl groups is 1. The lowest BCUT2D eigenvalue weighted by atomic mass is 9.81. The highest BCUT2D eigenvalue weighted by molar-refractivity contribution is 6.12. The summed E-state index contributed by atoms with van der Waals surface area (Å²) in [6.07, 6.45) is 3.70. The minimum atomic E-state index is -1.19. The van der Waals surface area contributed by atoms with Crippen LogP contribution in [0, 0.1) is 17.8 Å². The van der Waals surface area contributed by atoms with Gasteiger partial charge in [0.25, 0.3) is 23.6 Å². The van der Waals surface area contributed by atoms with E-state index in [2.05, 4.69) is 30.2 Å². The topological polar surface area (TPSA) is 389 Å². The quantitative estimate of drug-likeness (QED) is 0.0472. The zero-order valence-electron chi connectivity index (χ0n) is 59.1. The van der Waals surface area contributed by atoms with Crippen molar-refractivity contribution < 1.29 is 115 Å². The van der Waals surface area contributed by atoms with E-state index in [4.69, 9.17) is 63.6 Å². The van der Waals surface area contributed by atoms with E-state index >= 15 is 0 Å². The number of amides is 6. The van der Waals surface area contributed by atoms with Crippen LogP contribution < -0.4 is 16.8 Å². The molecule has 11 saturated heterocycles. The minimum absolute atomic E-state index is 0.0112. The molecule has 12 bridgehead atoms. The lowest BCUT2D eigenvalue weighted by Gasteiger charge is -2.47. The van der Waals surface area contributed by atoms with Gasteiger partial charge in [0.1, 0.15) is 48.7 Å². The standard InChI is InChI=1S/C61H85N3O17.C13H14N2O7/c1-30-19-39-12-14-46-31(2)20-41(74-46)17-18-61-28-51-56(80-61)57-58(79-51)59(81-61)55-47(78-57)15-13-40(76-55)23-38(66)24-42-49(27-48(75-39)33(30)4)77-50(54(42)72-6)25-37(65)11-16-53(70)73-29-36-9-7-35(8-10-36)22-45(68)43(26-52(63)69)64-60(71)32(3)21-44(67)34(5)62;16-9-1-2-10(17)14(9)6-8-21-7-5-13(20)22-15-11(18)3-4-12(15)19/h7-10,30,32,34,37,39-43,46-51,54-59,65H,2,4,11-29,62H2,1,3,5-6H3,(H2,63,69)(H,64,71);1-2H,3-8H2/t30-,32-,34+,37-,39?,40-,41+,42?,43+,46+,47+,48-,49+,50-,51?,54-,55+,56+,57+,58-,59+,61+;/m1./s1. The molecule has 1 aromatic carbocycles. The third kappa shape index (κ3) is 19.0. The normalized spacial score (nSPS) is 34.3. The largest absolute Gasteiger partial charge is 0.461 e. The highest BCUT2D eigenvalue weighted by atomic mass is 16.8. The number of nitrogens with two attached hydrogens (primary N) is 2. The molecule has 13 rings (SSSR count). The number of carbonyl (C=O) groups excluding carboxylic acids is 11. The van der Waals surface area contributed by atoms with Crippen LogP contribution in [0.4, 0.5) is 0 Å². The van der Waals surface area contributed by atoms with Crippen molar-refractivity contribution in [3.05, 3.63) is 71.8 Å².